The van der Waals surface area contributed by atoms with Crippen LogP contribution in [0.2, 0.25) is 0 Å². The Kier molecular flexibility index (Phi) is 6.25. The Hall–Kier alpha value is -3.55. The van der Waals surface area contributed by atoms with Crippen LogP contribution in [0, 0.1) is 0 Å². The number of benzene rings is 2. The van der Waals surface area contributed by atoms with E-state index in [1.807, 2.05) is 0 Å². The lowest BCUT2D eigenvalue weighted by Gasteiger charge is -2.39. The Morgan fingerprint density at radius 3 is 2.32 bits per heavy atom. The van der Waals surface area contributed by atoms with Crippen LogP contribution in [0.5, 0.6) is 28.7 Å². The fourth-order valence-corrected chi connectivity index (χ4v) is 3.62. The maximum Gasteiger partial charge on any atom is 0.239 e. The number of rotatable bonds is 5. The average molecular weight is 478 g/mol. The first-order valence-electron chi connectivity index (χ1n) is 10.0. The van der Waals surface area contributed by atoms with E-state index in [0.717, 1.165) is 12.1 Å². The van der Waals surface area contributed by atoms with Crippen LogP contribution in [0.15, 0.2) is 39.5 Å². The summed E-state index contributed by atoms with van der Waals surface area (Å²) in [4.78, 5) is 13.4. The molecule has 0 amide bonds. The zero-order chi connectivity index (χ0) is 24.7. The van der Waals surface area contributed by atoms with Crippen LogP contribution < -0.4 is 14.9 Å². The number of aromatic hydroxyl groups is 3. The standard InChI is InChI=1S/C22H22O12/c1-31-9-5-12(26)15-13(6-9)32-20(8-2-3-10(24)11(25)4-8)21(17(15)28)34-22-19(30)18(29)16(27)14(7-23)33-22/h2-6,14,16,18-19,22-27,29-30H,7H2,1H3/t14?,16-,18?,19+,22+/m1/s1. The molecule has 0 saturated carbocycles. The van der Waals surface area contributed by atoms with E-state index in [2.05, 4.69) is 0 Å². The molecule has 1 fully saturated rings. The number of ether oxygens (including phenoxy) is 3. The minimum atomic E-state index is -1.83. The van der Waals surface area contributed by atoms with E-state index in [9.17, 15) is 40.5 Å². The average Bonchev–Trinajstić information content (AvgIpc) is 2.82. The summed E-state index contributed by atoms with van der Waals surface area (Å²) in [5.74, 6) is -2.16. The molecular weight excluding hydrogens is 456 g/mol. The first-order chi connectivity index (χ1) is 16.2. The summed E-state index contributed by atoms with van der Waals surface area (Å²) in [5, 5.41) is 69.5. The summed E-state index contributed by atoms with van der Waals surface area (Å²) in [5.41, 5.74) is -0.942. The highest BCUT2D eigenvalue weighted by Gasteiger charge is 2.45. The number of methoxy groups -OCH3 is 1. The Morgan fingerprint density at radius 1 is 0.941 bits per heavy atom. The van der Waals surface area contributed by atoms with Crippen molar-refractivity contribution in [3.63, 3.8) is 0 Å². The fourth-order valence-electron chi connectivity index (χ4n) is 3.62. The van der Waals surface area contributed by atoms with Gasteiger partial charge < -0.3 is 54.4 Å². The summed E-state index contributed by atoms with van der Waals surface area (Å²) in [6.45, 7) is -0.726. The second-order valence-corrected chi connectivity index (χ2v) is 7.63. The maximum absolute atomic E-state index is 13.4. The largest absolute Gasteiger partial charge is 0.507 e. The number of phenols is 3. The van der Waals surface area contributed by atoms with Crippen molar-refractivity contribution in [3.8, 4) is 40.1 Å². The van der Waals surface area contributed by atoms with Crippen LogP contribution in [-0.2, 0) is 4.74 Å². The first-order valence-corrected chi connectivity index (χ1v) is 10.0. The highest BCUT2D eigenvalue weighted by Crippen LogP contribution is 2.39. The molecule has 182 valence electrons. The number of hydrogen-bond acceptors (Lipinski definition) is 12. The zero-order valence-corrected chi connectivity index (χ0v) is 17.7. The lowest BCUT2D eigenvalue weighted by molar-refractivity contribution is -0.277. The second kappa shape index (κ2) is 9.00. The molecule has 12 heteroatoms. The minimum Gasteiger partial charge on any atom is -0.507 e. The molecule has 2 unspecified atom stereocenters. The number of aliphatic hydroxyl groups is 4. The van der Waals surface area contributed by atoms with Gasteiger partial charge in [0.1, 0.15) is 46.9 Å². The van der Waals surface area contributed by atoms with E-state index in [0.29, 0.717) is 0 Å². The van der Waals surface area contributed by atoms with Gasteiger partial charge in [-0.1, -0.05) is 0 Å². The van der Waals surface area contributed by atoms with E-state index in [1.54, 1.807) is 0 Å². The normalized spacial score (nSPS) is 24.8. The molecular formula is C22H22O12. The molecule has 1 aliphatic heterocycles. The van der Waals surface area contributed by atoms with Crippen LogP contribution >= 0.6 is 0 Å². The van der Waals surface area contributed by atoms with Crippen molar-refractivity contribution in [1.29, 1.82) is 0 Å². The molecule has 1 aromatic heterocycles. The van der Waals surface area contributed by atoms with Crippen molar-refractivity contribution in [1.82, 2.24) is 0 Å². The van der Waals surface area contributed by atoms with E-state index >= 15 is 0 Å². The van der Waals surface area contributed by atoms with Gasteiger partial charge in [0.2, 0.25) is 17.5 Å². The third kappa shape index (κ3) is 3.97. The Morgan fingerprint density at radius 2 is 1.68 bits per heavy atom. The monoisotopic (exact) mass is 478 g/mol. The Balaban J connectivity index is 1.92. The van der Waals surface area contributed by atoms with Crippen molar-refractivity contribution < 1.29 is 54.4 Å². The molecule has 34 heavy (non-hydrogen) atoms. The van der Waals surface area contributed by atoms with Crippen molar-refractivity contribution in [2.24, 2.45) is 0 Å². The molecule has 0 aliphatic carbocycles. The summed E-state index contributed by atoms with van der Waals surface area (Å²) in [7, 11) is 1.34. The molecule has 2 heterocycles. The molecule has 1 aliphatic rings. The van der Waals surface area contributed by atoms with Crippen LogP contribution in [0.3, 0.4) is 0 Å². The predicted octanol–water partition coefficient (Wildman–Crippen LogP) is -0.236. The lowest BCUT2D eigenvalue weighted by atomic mass is 9.99. The summed E-state index contributed by atoms with van der Waals surface area (Å²) < 4.78 is 21.8. The third-order valence-electron chi connectivity index (χ3n) is 5.46. The summed E-state index contributed by atoms with van der Waals surface area (Å²) >= 11 is 0. The molecule has 0 radical (unpaired) electrons. The quantitative estimate of drug-likeness (QED) is 0.238. The van der Waals surface area contributed by atoms with Crippen LogP contribution in [0.1, 0.15) is 0 Å². The highest BCUT2D eigenvalue weighted by molar-refractivity contribution is 5.88. The molecule has 1 saturated heterocycles. The topological polar surface area (TPSA) is 200 Å². The van der Waals surface area contributed by atoms with Gasteiger partial charge in [-0.15, -0.1) is 0 Å². The van der Waals surface area contributed by atoms with E-state index in [1.165, 1.54) is 25.3 Å². The van der Waals surface area contributed by atoms with Crippen LogP contribution in [0.4, 0.5) is 0 Å². The summed E-state index contributed by atoms with van der Waals surface area (Å²) in [6, 6.07) is 6.02. The number of fused-ring (bicyclic) bond motifs is 1. The van der Waals surface area contributed by atoms with Crippen LogP contribution in [-0.4, -0.2) is 80.2 Å². The number of hydrogen-bond donors (Lipinski definition) is 7. The molecule has 12 nitrogen and oxygen atoms in total. The molecule has 5 atom stereocenters. The molecule has 2 aromatic carbocycles. The van der Waals surface area contributed by atoms with Gasteiger partial charge in [0.05, 0.1) is 13.7 Å². The SMILES string of the molecule is COc1cc(O)c2c(=O)c(O[C@@H]3OC(CO)[C@@H](O)C(O)[C@@H]3O)c(-c3ccc(O)c(O)c3)oc2c1. The van der Waals surface area contributed by atoms with Crippen molar-refractivity contribution >= 4 is 11.0 Å². The number of phenolic OH excluding ortho intramolecular Hbond substituents is 3. The highest BCUT2D eigenvalue weighted by atomic mass is 16.7. The smallest absolute Gasteiger partial charge is 0.239 e. The van der Waals surface area contributed by atoms with Crippen molar-refractivity contribution in [2.45, 2.75) is 30.7 Å². The minimum absolute atomic E-state index is 0.0659. The van der Waals surface area contributed by atoms with E-state index < -0.39 is 65.7 Å². The van der Waals surface area contributed by atoms with Gasteiger partial charge >= 0.3 is 0 Å². The zero-order valence-electron chi connectivity index (χ0n) is 17.7. The molecule has 0 spiro atoms. The van der Waals surface area contributed by atoms with Gasteiger partial charge in [0.25, 0.3) is 0 Å². The molecule has 7 N–H and O–H groups in total. The van der Waals surface area contributed by atoms with E-state index in [-0.39, 0.29) is 28.0 Å². The van der Waals surface area contributed by atoms with Gasteiger partial charge in [-0.2, -0.15) is 0 Å². The number of aliphatic hydroxyl groups excluding tert-OH is 4. The van der Waals surface area contributed by atoms with Crippen molar-refractivity contribution in [2.75, 3.05) is 13.7 Å². The molecule has 4 rings (SSSR count). The van der Waals surface area contributed by atoms with Crippen molar-refractivity contribution in [3.05, 3.63) is 40.6 Å². The van der Waals surface area contributed by atoms with Gasteiger partial charge in [0.15, 0.2) is 17.3 Å². The first kappa shape index (κ1) is 23.6. The Bertz CT molecular complexity index is 1270. The molecule has 0 bridgehead atoms. The van der Waals surface area contributed by atoms with Gasteiger partial charge in [-0.05, 0) is 18.2 Å². The third-order valence-corrected chi connectivity index (χ3v) is 5.46. The predicted molar refractivity (Wildman–Crippen MR) is 114 cm³/mol. The van der Waals surface area contributed by atoms with E-state index in [4.69, 9.17) is 18.6 Å². The fraction of sp³-hybridized carbons (Fsp3) is 0.318. The Labute approximate surface area is 191 Å². The lowest BCUT2D eigenvalue weighted by Crippen LogP contribution is -2.60. The maximum atomic E-state index is 13.4. The van der Waals surface area contributed by atoms with Crippen LogP contribution in [0.25, 0.3) is 22.3 Å². The van der Waals surface area contributed by atoms with Gasteiger partial charge in [-0.25, -0.2) is 0 Å². The van der Waals surface area contributed by atoms with Gasteiger partial charge in [-0.3, -0.25) is 4.79 Å². The summed E-state index contributed by atoms with van der Waals surface area (Å²) in [6.07, 6.45) is -8.31. The second-order valence-electron chi connectivity index (χ2n) is 7.63. The molecule has 3 aromatic rings. The van der Waals surface area contributed by atoms with Gasteiger partial charge in [0, 0.05) is 17.7 Å².